The third-order valence-electron chi connectivity index (χ3n) is 2.09. The van der Waals surface area contributed by atoms with Crippen molar-refractivity contribution in [3.8, 4) is 0 Å². The summed E-state index contributed by atoms with van der Waals surface area (Å²) >= 11 is 0. The highest BCUT2D eigenvalue weighted by Crippen LogP contribution is 2.05. The molecule has 0 heterocycles. The van der Waals surface area contributed by atoms with Gasteiger partial charge in [0.05, 0.1) is 5.60 Å². The van der Waals surface area contributed by atoms with Crippen molar-refractivity contribution in [3.05, 3.63) is 0 Å². The number of carbonyl (C=O) groups excluding carboxylic acids is 1. The molecule has 0 aliphatic carbocycles. The molecule has 1 amide bonds. The number of methoxy groups -OCH3 is 1. The first kappa shape index (κ1) is 13.4. The van der Waals surface area contributed by atoms with E-state index in [1.807, 2.05) is 20.8 Å². The second-order valence-electron chi connectivity index (χ2n) is 4.26. The van der Waals surface area contributed by atoms with E-state index in [0.29, 0.717) is 13.0 Å². The fourth-order valence-corrected chi connectivity index (χ4v) is 0.831. The number of ether oxygens (including phenoxy) is 1. The van der Waals surface area contributed by atoms with Gasteiger partial charge in [-0.2, -0.15) is 0 Å². The number of nitrogens with one attached hydrogen (secondary N) is 1. The molecule has 0 saturated heterocycles. The Morgan fingerprint density at radius 2 is 2.14 bits per heavy atom. The lowest BCUT2D eigenvalue weighted by Gasteiger charge is -2.23. The normalized spacial score (nSPS) is 13.8. The SMILES string of the molecule is COC(C)(C)CNC(=O)CCC(C)N. The fourth-order valence-electron chi connectivity index (χ4n) is 0.831. The van der Waals surface area contributed by atoms with Crippen LogP contribution in [0.2, 0.25) is 0 Å². The smallest absolute Gasteiger partial charge is 0.220 e. The van der Waals surface area contributed by atoms with Crippen molar-refractivity contribution in [1.29, 1.82) is 0 Å². The van der Waals surface area contributed by atoms with E-state index in [4.69, 9.17) is 10.5 Å². The zero-order valence-electron chi connectivity index (χ0n) is 9.59. The molecular formula is C10H22N2O2. The van der Waals surface area contributed by atoms with Crippen LogP contribution in [0.1, 0.15) is 33.6 Å². The van der Waals surface area contributed by atoms with Gasteiger partial charge in [-0.1, -0.05) is 0 Å². The van der Waals surface area contributed by atoms with Crippen LogP contribution in [-0.4, -0.2) is 31.2 Å². The van der Waals surface area contributed by atoms with Gasteiger partial charge < -0.3 is 15.8 Å². The summed E-state index contributed by atoms with van der Waals surface area (Å²) in [7, 11) is 1.63. The standard InChI is InChI=1S/C10H22N2O2/c1-8(11)5-6-9(13)12-7-10(2,3)14-4/h8H,5-7,11H2,1-4H3,(H,12,13). The molecule has 0 aromatic rings. The quantitative estimate of drug-likeness (QED) is 0.665. The predicted molar refractivity (Wildman–Crippen MR) is 57.0 cm³/mol. The van der Waals surface area contributed by atoms with Crippen molar-refractivity contribution in [2.75, 3.05) is 13.7 Å². The van der Waals surface area contributed by atoms with Crippen LogP contribution >= 0.6 is 0 Å². The lowest BCUT2D eigenvalue weighted by molar-refractivity contribution is -0.122. The molecule has 4 nitrogen and oxygen atoms in total. The van der Waals surface area contributed by atoms with E-state index in [1.165, 1.54) is 0 Å². The summed E-state index contributed by atoms with van der Waals surface area (Å²) in [5, 5.41) is 2.81. The summed E-state index contributed by atoms with van der Waals surface area (Å²) in [6.45, 7) is 6.28. The number of amides is 1. The van der Waals surface area contributed by atoms with Crippen molar-refractivity contribution in [1.82, 2.24) is 5.32 Å². The van der Waals surface area contributed by atoms with Crippen LogP contribution in [0.4, 0.5) is 0 Å². The van der Waals surface area contributed by atoms with Crippen molar-refractivity contribution in [2.45, 2.75) is 45.3 Å². The third kappa shape index (κ3) is 6.86. The maximum atomic E-state index is 11.3. The van der Waals surface area contributed by atoms with Gasteiger partial charge in [-0.15, -0.1) is 0 Å². The predicted octanol–water partition coefficient (Wildman–Crippen LogP) is 0.655. The van der Waals surface area contributed by atoms with Crippen molar-refractivity contribution in [2.24, 2.45) is 5.73 Å². The van der Waals surface area contributed by atoms with Crippen LogP contribution in [0.25, 0.3) is 0 Å². The van der Waals surface area contributed by atoms with E-state index in [9.17, 15) is 4.79 Å². The van der Waals surface area contributed by atoms with Crippen LogP contribution in [0.3, 0.4) is 0 Å². The highest BCUT2D eigenvalue weighted by molar-refractivity contribution is 5.75. The highest BCUT2D eigenvalue weighted by Gasteiger charge is 2.17. The number of rotatable bonds is 6. The van der Waals surface area contributed by atoms with E-state index in [1.54, 1.807) is 7.11 Å². The zero-order chi connectivity index (χ0) is 11.2. The Morgan fingerprint density at radius 3 is 2.57 bits per heavy atom. The Hall–Kier alpha value is -0.610. The highest BCUT2D eigenvalue weighted by atomic mass is 16.5. The van der Waals surface area contributed by atoms with Crippen LogP contribution in [0.15, 0.2) is 0 Å². The van der Waals surface area contributed by atoms with Gasteiger partial charge in [-0.3, -0.25) is 4.79 Å². The Morgan fingerprint density at radius 1 is 1.57 bits per heavy atom. The first-order chi connectivity index (χ1) is 6.37. The number of hydrogen-bond donors (Lipinski definition) is 2. The van der Waals surface area contributed by atoms with Crippen LogP contribution < -0.4 is 11.1 Å². The van der Waals surface area contributed by atoms with Gasteiger partial charge in [-0.05, 0) is 27.2 Å². The van der Waals surface area contributed by atoms with Crippen molar-refractivity contribution >= 4 is 5.91 Å². The minimum Gasteiger partial charge on any atom is -0.377 e. The van der Waals surface area contributed by atoms with E-state index in [0.717, 1.165) is 6.42 Å². The number of nitrogens with two attached hydrogens (primary N) is 1. The number of carbonyl (C=O) groups is 1. The molecule has 4 heteroatoms. The van der Waals surface area contributed by atoms with Crippen LogP contribution in [0, 0.1) is 0 Å². The summed E-state index contributed by atoms with van der Waals surface area (Å²) in [5.41, 5.74) is 5.24. The molecule has 0 fully saturated rings. The third-order valence-corrected chi connectivity index (χ3v) is 2.09. The second kappa shape index (κ2) is 5.98. The summed E-state index contributed by atoms with van der Waals surface area (Å²) in [6, 6.07) is 0.0798. The topological polar surface area (TPSA) is 64.3 Å². The van der Waals surface area contributed by atoms with Crippen molar-refractivity contribution in [3.63, 3.8) is 0 Å². The van der Waals surface area contributed by atoms with E-state index in [2.05, 4.69) is 5.32 Å². The monoisotopic (exact) mass is 202 g/mol. The molecular weight excluding hydrogens is 180 g/mol. The molecule has 0 saturated carbocycles. The van der Waals surface area contributed by atoms with Gasteiger partial charge in [0, 0.05) is 26.1 Å². The minimum atomic E-state index is -0.302. The average Bonchev–Trinajstić information content (AvgIpc) is 2.11. The van der Waals surface area contributed by atoms with Gasteiger partial charge in [0.15, 0.2) is 0 Å². The van der Waals surface area contributed by atoms with Crippen molar-refractivity contribution < 1.29 is 9.53 Å². The lowest BCUT2D eigenvalue weighted by Crippen LogP contribution is -2.40. The second-order valence-corrected chi connectivity index (χ2v) is 4.26. The molecule has 0 aromatic heterocycles. The van der Waals surface area contributed by atoms with Gasteiger partial charge in [0.1, 0.15) is 0 Å². The maximum absolute atomic E-state index is 11.3. The summed E-state index contributed by atoms with van der Waals surface area (Å²) in [5.74, 6) is 0.0347. The molecule has 0 bridgehead atoms. The molecule has 0 aliphatic heterocycles. The van der Waals surface area contributed by atoms with E-state index >= 15 is 0 Å². The molecule has 3 N–H and O–H groups in total. The molecule has 0 radical (unpaired) electrons. The maximum Gasteiger partial charge on any atom is 0.220 e. The molecule has 0 aliphatic rings. The Kier molecular flexibility index (Phi) is 5.72. The number of hydrogen-bond acceptors (Lipinski definition) is 3. The van der Waals surface area contributed by atoms with Crippen LogP contribution in [0.5, 0.6) is 0 Å². The van der Waals surface area contributed by atoms with Crippen LogP contribution in [-0.2, 0) is 9.53 Å². The lowest BCUT2D eigenvalue weighted by atomic mass is 10.1. The van der Waals surface area contributed by atoms with E-state index in [-0.39, 0.29) is 17.6 Å². The zero-order valence-corrected chi connectivity index (χ0v) is 9.59. The first-order valence-corrected chi connectivity index (χ1v) is 4.95. The fraction of sp³-hybridized carbons (Fsp3) is 0.900. The molecule has 1 unspecified atom stereocenters. The molecule has 1 atom stereocenters. The summed E-state index contributed by atoms with van der Waals surface area (Å²) in [4.78, 5) is 11.3. The molecule has 0 spiro atoms. The Bertz CT molecular complexity index is 179. The molecule has 0 aromatic carbocycles. The molecule has 84 valence electrons. The van der Waals surface area contributed by atoms with Gasteiger partial charge in [-0.25, -0.2) is 0 Å². The largest absolute Gasteiger partial charge is 0.377 e. The average molecular weight is 202 g/mol. The minimum absolute atomic E-state index is 0.0347. The Labute approximate surface area is 86.2 Å². The van der Waals surface area contributed by atoms with E-state index < -0.39 is 0 Å². The summed E-state index contributed by atoms with van der Waals surface area (Å²) in [6.07, 6.45) is 1.21. The van der Waals surface area contributed by atoms with Gasteiger partial charge in [0.2, 0.25) is 5.91 Å². The van der Waals surface area contributed by atoms with Gasteiger partial charge >= 0.3 is 0 Å². The molecule has 14 heavy (non-hydrogen) atoms. The van der Waals surface area contributed by atoms with Gasteiger partial charge in [0.25, 0.3) is 0 Å². The molecule has 0 rings (SSSR count). The summed E-state index contributed by atoms with van der Waals surface area (Å²) < 4.78 is 5.17. The first-order valence-electron chi connectivity index (χ1n) is 4.95. The Balaban J connectivity index is 3.64.